The van der Waals surface area contributed by atoms with Gasteiger partial charge in [0.05, 0.1) is 11.7 Å². The molecule has 1 unspecified atom stereocenters. The van der Waals surface area contributed by atoms with Gasteiger partial charge >= 0.3 is 5.97 Å². The molecule has 0 fully saturated rings. The SMILES string of the molecule is CC(NCc1ncncc1C(=O)O)C(=O)N(C)C. The van der Waals surface area contributed by atoms with E-state index >= 15 is 0 Å². The zero-order valence-corrected chi connectivity index (χ0v) is 10.5. The van der Waals surface area contributed by atoms with Gasteiger partial charge in [0.25, 0.3) is 0 Å². The van der Waals surface area contributed by atoms with E-state index in [-0.39, 0.29) is 18.0 Å². The number of carbonyl (C=O) groups excluding carboxylic acids is 1. The van der Waals surface area contributed by atoms with Gasteiger partial charge in [-0.3, -0.25) is 4.79 Å². The average molecular weight is 252 g/mol. The van der Waals surface area contributed by atoms with Gasteiger partial charge in [0.1, 0.15) is 11.9 Å². The van der Waals surface area contributed by atoms with Crippen LogP contribution in [-0.4, -0.2) is 52.0 Å². The summed E-state index contributed by atoms with van der Waals surface area (Å²) in [6.45, 7) is 1.91. The molecule has 0 aliphatic carbocycles. The van der Waals surface area contributed by atoms with Gasteiger partial charge in [0.15, 0.2) is 0 Å². The van der Waals surface area contributed by atoms with Crippen molar-refractivity contribution in [2.45, 2.75) is 19.5 Å². The highest BCUT2D eigenvalue weighted by Gasteiger charge is 2.16. The number of carboxylic acid groups (broad SMARTS) is 1. The Morgan fingerprint density at radius 1 is 1.50 bits per heavy atom. The van der Waals surface area contributed by atoms with Crippen molar-refractivity contribution in [2.24, 2.45) is 0 Å². The van der Waals surface area contributed by atoms with Crippen LogP contribution in [0.2, 0.25) is 0 Å². The summed E-state index contributed by atoms with van der Waals surface area (Å²) < 4.78 is 0. The second kappa shape index (κ2) is 6.06. The highest BCUT2D eigenvalue weighted by Crippen LogP contribution is 2.03. The predicted molar refractivity (Wildman–Crippen MR) is 64.0 cm³/mol. The van der Waals surface area contributed by atoms with Crippen LogP contribution in [0.5, 0.6) is 0 Å². The lowest BCUT2D eigenvalue weighted by molar-refractivity contribution is -0.130. The molecular formula is C11H16N4O3. The monoisotopic (exact) mass is 252 g/mol. The molecule has 0 aliphatic rings. The summed E-state index contributed by atoms with van der Waals surface area (Å²) in [5, 5.41) is 11.9. The number of amides is 1. The van der Waals surface area contributed by atoms with E-state index in [1.165, 1.54) is 17.4 Å². The molecule has 0 bridgehead atoms. The number of aromatic carboxylic acids is 1. The molecule has 1 atom stereocenters. The van der Waals surface area contributed by atoms with Gasteiger partial charge in [0, 0.05) is 26.8 Å². The first-order valence-corrected chi connectivity index (χ1v) is 5.40. The first-order valence-electron chi connectivity index (χ1n) is 5.40. The Kier molecular flexibility index (Phi) is 4.73. The van der Waals surface area contributed by atoms with Crippen LogP contribution in [0, 0.1) is 0 Å². The number of rotatable bonds is 5. The Bertz CT molecular complexity index is 448. The van der Waals surface area contributed by atoms with Crippen LogP contribution in [0.4, 0.5) is 0 Å². The van der Waals surface area contributed by atoms with Crippen LogP contribution in [0.3, 0.4) is 0 Å². The third-order valence-corrected chi connectivity index (χ3v) is 2.41. The second-order valence-corrected chi connectivity index (χ2v) is 4.02. The van der Waals surface area contributed by atoms with Gasteiger partial charge in [-0.25, -0.2) is 14.8 Å². The zero-order valence-electron chi connectivity index (χ0n) is 10.5. The van der Waals surface area contributed by atoms with E-state index in [0.717, 1.165) is 0 Å². The number of hydrogen-bond acceptors (Lipinski definition) is 5. The molecule has 0 saturated heterocycles. The predicted octanol–water partition coefficient (Wildman–Crippen LogP) is -0.259. The topological polar surface area (TPSA) is 95.4 Å². The van der Waals surface area contributed by atoms with E-state index in [2.05, 4.69) is 15.3 Å². The normalized spacial score (nSPS) is 11.9. The lowest BCUT2D eigenvalue weighted by atomic mass is 10.2. The zero-order chi connectivity index (χ0) is 13.7. The summed E-state index contributed by atoms with van der Waals surface area (Å²) in [5.41, 5.74) is 0.394. The quantitative estimate of drug-likeness (QED) is 0.749. The van der Waals surface area contributed by atoms with Crippen molar-refractivity contribution in [3.63, 3.8) is 0 Å². The van der Waals surface area contributed by atoms with E-state index < -0.39 is 12.0 Å². The van der Waals surface area contributed by atoms with Crippen molar-refractivity contribution in [1.82, 2.24) is 20.2 Å². The Labute approximate surface area is 105 Å². The Balaban J connectivity index is 2.69. The number of nitrogens with zero attached hydrogens (tertiary/aromatic N) is 3. The van der Waals surface area contributed by atoms with Gasteiger partial charge in [-0.05, 0) is 6.92 Å². The first-order chi connectivity index (χ1) is 8.43. The maximum Gasteiger partial charge on any atom is 0.339 e. The molecule has 1 aromatic heterocycles. The molecule has 98 valence electrons. The van der Waals surface area contributed by atoms with E-state index in [4.69, 9.17) is 5.11 Å². The highest BCUT2D eigenvalue weighted by atomic mass is 16.4. The minimum Gasteiger partial charge on any atom is -0.478 e. The third-order valence-electron chi connectivity index (χ3n) is 2.41. The smallest absolute Gasteiger partial charge is 0.339 e. The molecule has 0 radical (unpaired) electrons. The van der Waals surface area contributed by atoms with Crippen LogP contribution >= 0.6 is 0 Å². The summed E-state index contributed by atoms with van der Waals surface area (Å²) in [5.74, 6) is -1.17. The van der Waals surface area contributed by atoms with Crippen molar-refractivity contribution in [3.05, 3.63) is 23.8 Å². The number of nitrogens with one attached hydrogen (secondary N) is 1. The van der Waals surface area contributed by atoms with Crippen LogP contribution in [0.15, 0.2) is 12.5 Å². The maximum absolute atomic E-state index is 11.6. The van der Waals surface area contributed by atoms with E-state index in [1.807, 2.05) is 0 Å². The fraction of sp³-hybridized carbons (Fsp3) is 0.455. The summed E-state index contributed by atoms with van der Waals surface area (Å²) in [6.07, 6.45) is 2.52. The molecule has 1 heterocycles. The molecule has 0 saturated carbocycles. The Morgan fingerprint density at radius 2 is 2.17 bits per heavy atom. The molecule has 7 nitrogen and oxygen atoms in total. The number of hydrogen-bond donors (Lipinski definition) is 2. The summed E-state index contributed by atoms with van der Waals surface area (Å²) in [7, 11) is 3.32. The minimum absolute atomic E-state index is 0.0366. The van der Waals surface area contributed by atoms with Crippen molar-refractivity contribution in [3.8, 4) is 0 Å². The van der Waals surface area contributed by atoms with Crippen molar-refractivity contribution >= 4 is 11.9 Å². The van der Waals surface area contributed by atoms with E-state index in [9.17, 15) is 9.59 Å². The highest BCUT2D eigenvalue weighted by molar-refractivity contribution is 5.88. The number of likely N-dealkylation sites (N-methyl/N-ethyl adjacent to an activating group) is 1. The molecule has 7 heteroatoms. The van der Waals surface area contributed by atoms with Gasteiger partial charge in [-0.1, -0.05) is 0 Å². The van der Waals surface area contributed by atoms with Crippen LogP contribution in [-0.2, 0) is 11.3 Å². The summed E-state index contributed by atoms with van der Waals surface area (Å²) in [6, 6.07) is -0.406. The largest absolute Gasteiger partial charge is 0.478 e. The van der Waals surface area contributed by atoms with Crippen LogP contribution in [0.25, 0.3) is 0 Å². The van der Waals surface area contributed by atoms with Gasteiger partial charge in [-0.2, -0.15) is 0 Å². The standard InChI is InChI=1S/C11H16N4O3/c1-7(10(16)15(2)3)13-5-9-8(11(17)18)4-12-6-14-9/h4,6-7,13H,5H2,1-3H3,(H,17,18). The number of aromatic nitrogens is 2. The second-order valence-electron chi connectivity index (χ2n) is 4.02. The molecule has 1 amide bonds. The number of carbonyl (C=O) groups is 2. The van der Waals surface area contributed by atoms with Gasteiger partial charge < -0.3 is 15.3 Å². The van der Waals surface area contributed by atoms with Gasteiger partial charge in [-0.15, -0.1) is 0 Å². The fourth-order valence-corrected chi connectivity index (χ4v) is 1.40. The first kappa shape index (κ1) is 14.0. The molecular weight excluding hydrogens is 236 g/mol. The van der Waals surface area contributed by atoms with E-state index in [0.29, 0.717) is 5.69 Å². The molecule has 0 aromatic carbocycles. The van der Waals surface area contributed by atoms with Crippen LogP contribution in [0.1, 0.15) is 23.0 Å². The molecule has 0 aliphatic heterocycles. The number of carboxylic acids is 1. The summed E-state index contributed by atoms with van der Waals surface area (Å²) >= 11 is 0. The van der Waals surface area contributed by atoms with Crippen molar-refractivity contribution < 1.29 is 14.7 Å². The average Bonchev–Trinajstić information content (AvgIpc) is 2.35. The third kappa shape index (κ3) is 3.49. The van der Waals surface area contributed by atoms with Crippen molar-refractivity contribution in [2.75, 3.05) is 14.1 Å². The minimum atomic E-state index is -1.08. The van der Waals surface area contributed by atoms with Crippen molar-refractivity contribution in [1.29, 1.82) is 0 Å². The lowest BCUT2D eigenvalue weighted by Crippen LogP contribution is -2.41. The Hall–Kier alpha value is -2.02. The maximum atomic E-state index is 11.6. The fourth-order valence-electron chi connectivity index (χ4n) is 1.40. The molecule has 2 N–H and O–H groups in total. The van der Waals surface area contributed by atoms with Crippen LogP contribution < -0.4 is 5.32 Å². The molecule has 1 rings (SSSR count). The summed E-state index contributed by atoms with van der Waals surface area (Å²) in [4.78, 5) is 31.5. The molecule has 1 aromatic rings. The lowest BCUT2D eigenvalue weighted by Gasteiger charge is -2.18. The molecule has 0 spiro atoms. The van der Waals surface area contributed by atoms with E-state index in [1.54, 1.807) is 21.0 Å². The van der Waals surface area contributed by atoms with Gasteiger partial charge in [0.2, 0.25) is 5.91 Å². The molecule has 18 heavy (non-hydrogen) atoms. The Morgan fingerprint density at radius 3 is 2.72 bits per heavy atom.